The fourth-order valence-corrected chi connectivity index (χ4v) is 2.00. The molecule has 0 heterocycles. The van der Waals surface area contributed by atoms with Gasteiger partial charge in [-0.05, 0) is 23.8 Å². The van der Waals surface area contributed by atoms with Gasteiger partial charge in [-0.15, -0.1) is 0 Å². The Morgan fingerprint density at radius 2 is 1.68 bits per heavy atom. The molecular formula is C14H8F3NO4. The maximum absolute atomic E-state index is 12.5. The Balaban J connectivity index is 2.65. The van der Waals surface area contributed by atoms with E-state index in [0.29, 0.717) is 0 Å². The van der Waals surface area contributed by atoms with Crippen LogP contribution < -0.4 is 0 Å². The van der Waals surface area contributed by atoms with Gasteiger partial charge in [0, 0.05) is 6.07 Å². The van der Waals surface area contributed by atoms with Crippen molar-refractivity contribution in [3.63, 3.8) is 0 Å². The van der Waals surface area contributed by atoms with Crippen molar-refractivity contribution < 1.29 is 28.0 Å². The summed E-state index contributed by atoms with van der Waals surface area (Å²) in [7, 11) is 0. The highest BCUT2D eigenvalue weighted by Crippen LogP contribution is 2.36. The second-order valence-corrected chi connectivity index (χ2v) is 4.34. The normalized spacial score (nSPS) is 11.2. The summed E-state index contributed by atoms with van der Waals surface area (Å²) in [6.45, 7) is 0. The molecule has 0 aliphatic carbocycles. The Labute approximate surface area is 121 Å². The number of carboxylic acid groups (broad SMARTS) is 1. The van der Waals surface area contributed by atoms with Crippen LogP contribution in [-0.2, 0) is 6.18 Å². The van der Waals surface area contributed by atoms with E-state index in [4.69, 9.17) is 5.11 Å². The molecule has 8 heteroatoms. The van der Waals surface area contributed by atoms with E-state index < -0.39 is 28.3 Å². The maximum atomic E-state index is 12.5. The van der Waals surface area contributed by atoms with E-state index in [0.717, 1.165) is 36.4 Å². The molecule has 0 aliphatic rings. The first-order valence-electron chi connectivity index (χ1n) is 5.90. The molecule has 0 bridgehead atoms. The predicted octanol–water partition coefficient (Wildman–Crippen LogP) is 3.98. The lowest BCUT2D eigenvalue weighted by Crippen LogP contribution is -2.05. The zero-order valence-electron chi connectivity index (χ0n) is 10.8. The highest BCUT2D eigenvalue weighted by atomic mass is 19.4. The number of hydrogen-bond acceptors (Lipinski definition) is 3. The van der Waals surface area contributed by atoms with E-state index in [2.05, 4.69) is 0 Å². The molecule has 2 aromatic rings. The lowest BCUT2D eigenvalue weighted by molar-refractivity contribution is -0.384. The number of nitro groups is 1. The molecule has 0 fully saturated rings. The molecule has 0 saturated carbocycles. The van der Waals surface area contributed by atoms with Crippen LogP contribution >= 0.6 is 0 Å². The Bertz CT molecular complexity index is 706. The van der Waals surface area contributed by atoms with Crippen molar-refractivity contribution >= 4 is 11.7 Å². The summed E-state index contributed by atoms with van der Waals surface area (Å²) in [5.41, 5.74) is -1.97. The zero-order valence-corrected chi connectivity index (χ0v) is 10.8. The molecule has 0 unspecified atom stereocenters. The number of alkyl halides is 3. The summed E-state index contributed by atoms with van der Waals surface area (Å²) in [4.78, 5) is 21.4. The van der Waals surface area contributed by atoms with Crippen LogP contribution in [0, 0.1) is 10.1 Å². The first-order chi connectivity index (χ1) is 10.2. The van der Waals surface area contributed by atoms with Crippen LogP contribution in [0.2, 0.25) is 0 Å². The van der Waals surface area contributed by atoms with Gasteiger partial charge < -0.3 is 5.11 Å². The molecule has 22 heavy (non-hydrogen) atoms. The van der Waals surface area contributed by atoms with E-state index in [9.17, 15) is 28.1 Å². The largest absolute Gasteiger partial charge is 0.478 e. The summed E-state index contributed by atoms with van der Waals surface area (Å²) in [5, 5.41) is 20.1. The Kier molecular flexibility index (Phi) is 3.85. The SMILES string of the molecule is O=C(O)c1cccc([N+](=O)[O-])c1-c1ccc(C(F)(F)F)cc1. The van der Waals surface area contributed by atoms with E-state index in [1.54, 1.807) is 0 Å². The third kappa shape index (κ3) is 2.90. The van der Waals surface area contributed by atoms with Gasteiger partial charge in [0.2, 0.25) is 0 Å². The number of carboxylic acids is 1. The minimum Gasteiger partial charge on any atom is -0.478 e. The molecule has 0 aliphatic heterocycles. The molecule has 1 N–H and O–H groups in total. The third-order valence-electron chi connectivity index (χ3n) is 2.97. The first-order valence-corrected chi connectivity index (χ1v) is 5.90. The smallest absolute Gasteiger partial charge is 0.416 e. The van der Waals surface area contributed by atoms with Crippen LogP contribution in [0.4, 0.5) is 18.9 Å². The average Bonchev–Trinajstić information content (AvgIpc) is 2.45. The van der Waals surface area contributed by atoms with Crippen molar-refractivity contribution in [2.75, 3.05) is 0 Å². The number of benzene rings is 2. The zero-order chi connectivity index (χ0) is 16.5. The van der Waals surface area contributed by atoms with Crippen molar-refractivity contribution in [3.8, 4) is 11.1 Å². The van der Waals surface area contributed by atoms with Gasteiger partial charge in [0.25, 0.3) is 5.69 Å². The van der Waals surface area contributed by atoms with Gasteiger partial charge in [-0.1, -0.05) is 18.2 Å². The second-order valence-electron chi connectivity index (χ2n) is 4.34. The lowest BCUT2D eigenvalue weighted by atomic mass is 9.97. The fraction of sp³-hybridized carbons (Fsp3) is 0.0714. The van der Waals surface area contributed by atoms with Gasteiger partial charge in [-0.2, -0.15) is 13.2 Å². The van der Waals surface area contributed by atoms with Crippen LogP contribution in [0.1, 0.15) is 15.9 Å². The number of nitrogens with zero attached hydrogens (tertiary/aromatic N) is 1. The summed E-state index contributed by atoms with van der Waals surface area (Å²) in [6, 6.07) is 6.97. The average molecular weight is 311 g/mol. The van der Waals surface area contributed by atoms with Gasteiger partial charge in [-0.3, -0.25) is 10.1 Å². The molecule has 5 nitrogen and oxygen atoms in total. The molecular weight excluding hydrogens is 303 g/mol. The minimum absolute atomic E-state index is 0.0256. The van der Waals surface area contributed by atoms with Crippen LogP contribution in [0.3, 0.4) is 0 Å². The van der Waals surface area contributed by atoms with Crippen molar-refractivity contribution in [1.29, 1.82) is 0 Å². The van der Waals surface area contributed by atoms with E-state index in [-0.39, 0.29) is 16.7 Å². The molecule has 0 spiro atoms. The summed E-state index contributed by atoms with van der Waals surface area (Å²) >= 11 is 0. The minimum atomic E-state index is -4.54. The second kappa shape index (κ2) is 5.47. The van der Waals surface area contributed by atoms with Crippen molar-refractivity contribution in [1.82, 2.24) is 0 Å². The molecule has 0 aromatic heterocycles. The molecule has 2 aromatic carbocycles. The number of hydrogen-bond donors (Lipinski definition) is 1. The lowest BCUT2D eigenvalue weighted by Gasteiger charge is -2.10. The molecule has 0 saturated heterocycles. The van der Waals surface area contributed by atoms with E-state index >= 15 is 0 Å². The molecule has 114 valence electrons. The molecule has 0 amide bonds. The molecule has 2 rings (SSSR count). The van der Waals surface area contributed by atoms with Gasteiger partial charge in [0.1, 0.15) is 0 Å². The van der Waals surface area contributed by atoms with Crippen LogP contribution in [0.15, 0.2) is 42.5 Å². The van der Waals surface area contributed by atoms with Gasteiger partial charge >= 0.3 is 12.1 Å². The monoisotopic (exact) mass is 311 g/mol. The molecule has 0 radical (unpaired) electrons. The quantitative estimate of drug-likeness (QED) is 0.686. The third-order valence-corrected chi connectivity index (χ3v) is 2.97. The molecule has 0 atom stereocenters. The number of nitro benzene ring substituents is 1. The van der Waals surface area contributed by atoms with Gasteiger partial charge in [-0.25, -0.2) is 4.79 Å². The summed E-state index contributed by atoms with van der Waals surface area (Å²) < 4.78 is 37.6. The summed E-state index contributed by atoms with van der Waals surface area (Å²) in [6.07, 6.45) is -4.54. The van der Waals surface area contributed by atoms with Crippen LogP contribution in [-0.4, -0.2) is 16.0 Å². The highest BCUT2D eigenvalue weighted by Gasteiger charge is 2.30. The number of carbonyl (C=O) groups is 1. The van der Waals surface area contributed by atoms with Crippen molar-refractivity contribution in [2.24, 2.45) is 0 Å². The van der Waals surface area contributed by atoms with Gasteiger partial charge in [0.05, 0.1) is 21.6 Å². The fourth-order valence-electron chi connectivity index (χ4n) is 2.00. The van der Waals surface area contributed by atoms with E-state index in [1.165, 1.54) is 6.07 Å². The summed E-state index contributed by atoms with van der Waals surface area (Å²) in [5.74, 6) is -1.40. The number of aromatic carboxylic acids is 1. The highest BCUT2D eigenvalue weighted by molar-refractivity contribution is 5.98. The van der Waals surface area contributed by atoms with Crippen molar-refractivity contribution in [2.45, 2.75) is 6.18 Å². The van der Waals surface area contributed by atoms with Crippen molar-refractivity contribution in [3.05, 3.63) is 63.7 Å². The maximum Gasteiger partial charge on any atom is 0.416 e. The predicted molar refractivity (Wildman–Crippen MR) is 70.5 cm³/mol. The Hall–Kier alpha value is -2.90. The van der Waals surface area contributed by atoms with Crippen LogP contribution in [0.25, 0.3) is 11.1 Å². The Morgan fingerprint density at radius 1 is 1.09 bits per heavy atom. The standard InChI is InChI=1S/C14H8F3NO4/c15-14(16,17)9-6-4-8(5-7-9)12-10(13(19)20)2-1-3-11(12)18(21)22/h1-7H,(H,19,20). The number of rotatable bonds is 3. The number of halogens is 3. The Morgan fingerprint density at radius 3 is 2.14 bits per heavy atom. The van der Waals surface area contributed by atoms with Crippen LogP contribution in [0.5, 0.6) is 0 Å². The topological polar surface area (TPSA) is 80.4 Å². The van der Waals surface area contributed by atoms with E-state index in [1.807, 2.05) is 0 Å². The first kappa shape index (κ1) is 15.5. The van der Waals surface area contributed by atoms with Gasteiger partial charge in [0.15, 0.2) is 0 Å².